The van der Waals surface area contributed by atoms with Crippen molar-refractivity contribution in [2.75, 3.05) is 13.2 Å². The lowest BCUT2D eigenvalue weighted by Crippen LogP contribution is -2.41. The van der Waals surface area contributed by atoms with E-state index in [-0.39, 0.29) is 0 Å². The van der Waals surface area contributed by atoms with E-state index in [1.807, 2.05) is 0 Å². The lowest BCUT2D eigenvalue weighted by molar-refractivity contribution is 0.147. The molecule has 3 atom stereocenters. The van der Waals surface area contributed by atoms with Crippen molar-refractivity contribution in [3.05, 3.63) is 0 Å². The summed E-state index contributed by atoms with van der Waals surface area (Å²) in [6, 6.07) is 0.680. The van der Waals surface area contributed by atoms with Crippen molar-refractivity contribution in [3.63, 3.8) is 0 Å². The number of hydrogen-bond acceptors (Lipinski definition) is 2. The molecule has 2 nitrogen and oxygen atoms in total. The maximum absolute atomic E-state index is 8.87. The van der Waals surface area contributed by atoms with E-state index in [9.17, 15) is 0 Å². The molecule has 1 fully saturated rings. The Bertz CT molecular complexity index is 203. The quantitative estimate of drug-likeness (QED) is 0.757. The van der Waals surface area contributed by atoms with E-state index in [0.717, 1.165) is 18.9 Å². The molecule has 1 rings (SSSR count). The zero-order valence-corrected chi connectivity index (χ0v) is 11.4. The molecule has 0 saturated heterocycles. The number of nitrogens with one attached hydrogen (secondary N) is 1. The van der Waals surface area contributed by atoms with E-state index in [0.29, 0.717) is 24.0 Å². The van der Waals surface area contributed by atoms with Crippen LogP contribution < -0.4 is 5.32 Å². The van der Waals surface area contributed by atoms with Crippen LogP contribution in [0.3, 0.4) is 0 Å². The van der Waals surface area contributed by atoms with E-state index >= 15 is 0 Å². The first-order chi connectivity index (χ1) is 7.43. The second kappa shape index (κ2) is 6.02. The molecule has 1 aliphatic carbocycles. The first-order valence-corrected chi connectivity index (χ1v) is 6.77. The predicted molar refractivity (Wildman–Crippen MR) is 69.5 cm³/mol. The van der Waals surface area contributed by atoms with Crippen LogP contribution in [0.25, 0.3) is 0 Å². The zero-order valence-electron chi connectivity index (χ0n) is 11.4. The van der Waals surface area contributed by atoms with Crippen LogP contribution in [0.5, 0.6) is 0 Å². The zero-order chi connectivity index (χ0) is 12.2. The van der Waals surface area contributed by atoms with Gasteiger partial charge in [-0.05, 0) is 49.5 Å². The summed E-state index contributed by atoms with van der Waals surface area (Å²) in [5.41, 5.74) is 0.496. The molecule has 2 heteroatoms. The van der Waals surface area contributed by atoms with Crippen molar-refractivity contribution in [2.24, 2.45) is 17.3 Å². The molecule has 0 aromatic carbocycles. The predicted octanol–water partition coefficient (Wildman–Crippen LogP) is 2.81. The standard InChI is InChI=1S/C14H29NO/c1-11(5-6-16)10-15-13-7-12(2)8-14(3,4)9-13/h11-13,15-16H,5-10H2,1-4H3. The van der Waals surface area contributed by atoms with Crippen molar-refractivity contribution in [1.29, 1.82) is 0 Å². The summed E-state index contributed by atoms with van der Waals surface area (Å²) in [5.74, 6) is 1.43. The minimum Gasteiger partial charge on any atom is -0.396 e. The maximum Gasteiger partial charge on any atom is 0.0434 e. The Balaban J connectivity index is 2.31. The summed E-state index contributed by atoms with van der Waals surface area (Å²) in [6.07, 6.45) is 4.88. The fraction of sp³-hybridized carbons (Fsp3) is 1.00. The van der Waals surface area contributed by atoms with Gasteiger partial charge in [0.05, 0.1) is 0 Å². The molecule has 3 unspecified atom stereocenters. The van der Waals surface area contributed by atoms with E-state index in [2.05, 4.69) is 33.0 Å². The van der Waals surface area contributed by atoms with Gasteiger partial charge >= 0.3 is 0 Å². The number of hydrogen-bond donors (Lipinski definition) is 2. The summed E-state index contributed by atoms with van der Waals surface area (Å²) in [5, 5.41) is 12.6. The summed E-state index contributed by atoms with van der Waals surface area (Å²) >= 11 is 0. The number of rotatable bonds is 5. The third kappa shape index (κ3) is 4.84. The van der Waals surface area contributed by atoms with E-state index in [1.54, 1.807) is 0 Å². The molecule has 0 amide bonds. The first-order valence-electron chi connectivity index (χ1n) is 6.77. The van der Waals surface area contributed by atoms with Crippen molar-refractivity contribution in [2.45, 2.75) is 59.4 Å². The number of aliphatic hydroxyl groups is 1. The van der Waals surface area contributed by atoms with Gasteiger partial charge in [-0.2, -0.15) is 0 Å². The summed E-state index contributed by atoms with van der Waals surface area (Å²) in [7, 11) is 0. The monoisotopic (exact) mass is 227 g/mol. The van der Waals surface area contributed by atoms with Gasteiger partial charge in [-0.3, -0.25) is 0 Å². The summed E-state index contributed by atoms with van der Waals surface area (Å²) in [6.45, 7) is 10.7. The van der Waals surface area contributed by atoms with Crippen molar-refractivity contribution >= 4 is 0 Å². The van der Waals surface area contributed by atoms with Gasteiger partial charge in [0.15, 0.2) is 0 Å². The SMILES string of the molecule is CC(CCO)CNC1CC(C)CC(C)(C)C1. The highest BCUT2D eigenvalue weighted by Crippen LogP contribution is 2.38. The maximum atomic E-state index is 8.87. The summed E-state index contributed by atoms with van der Waals surface area (Å²) < 4.78 is 0. The van der Waals surface area contributed by atoms with Gasteiger partial charge in [-0.15, -0.1) is 0 Å². The van der Waals surface area contributed by atoms with Crippen LogP contribution in [0.2, 0.25) is 0 Å². The van der Waals surface area contributed by atoms with Gasteiger partial charge in [0.1, 0.15) is 0 Å². The Morgan fingerprint density at radius 3 is 2.62 bits per heavy atom. The van der Waals surface area contributed by atoms with Gasteiger partial charge in [0.25, 0.3) is 0 Å². The van der Waals surface area contributed by atoms with Crippen molar-refractivity contribution < 1.29 is 5.11 Å². The van der Waals surface area contributed by atoms with Crippen LogP contribution in [0.15, 0.2) is 0 Å². The topological polar surface area (TPSA) is 32.3 Å². The molecule has 1 saturated carbocycles. The van der Waals surface area contributed by atoms with Crippen LogP contribution in [0.1, 0.15) is 53.4 Å². The van der Waals surface area contributed by atoms with E-state index in [1.165, 1.54) is 19.3 Å². The summed E-state index contributed by atoms with van der Waals surface area (Å²) in [4.78, 5) is 0. The van der Waals surface area contributed by atoms with Gasteiger partial charge in [0, 0.05) is 12.6 Å². The van der Waals surface area contributed by atoms with Crippen LogP contribution in [-0.2, 0) is 0 Å². The smallest absolute Gasteiger partial charge is 0.0434 e. The number of aliphatic hydroxyl groups excluding tert-OH is 1. The highest BCUT2D eigenvalue weighted by molar-refractivity contribution is 4.86. The average molecular weight is 227 g/mol. The molecular formula is C14H29NO. The highest BCUT2D eigenvalue weighted by atomic mass is 16.3. The highest BCUT2D eigenvalue weighted by Gasteiger charge is 2.31. The van der Waals surface area contributed by atoms with Crippen LogP contribution in [0.4, 0.5) is 0 Å². The third-order valence-electron chi connectivity index (χ3n) is 3.76. The second-order valence-electron chi connectivity index (χ2n) is 6.64. The molecule has 0 bridgehead atoms. The second-order valence-corrected chi connectivity index (χ2v) is 6.64. The van der Waals surface area contributed by atoms with E-state index in [4.69, 9.17) is 5.11 Å². The van der Waals surface area contributed by atoms with E-state index < -0.39 is 0 Å². The lowest BCUT2D eigenvalue weighted by atomic mass is 9.70. The molecule has 0 heterocycles. The minimum absolute atomic E-state index is 0.315. The van der Waals surface area contributed by atoms with Crippen molar-refractivity contribution in [1.82, 2.24) is 5.32 Å². The van der Waals surface area contributed by atoms with Gasteiger partial charge in [-0.25, -0.2) is 0 Å². The Labute approximate surface area is 101 Å². The Morgan fingerprint density at radius 2 is 2.06 bits per heavy atom. The molecule has 0 aliphatic heterocycles. The molecule has 0 aromatic rings. The molecule has 2 N–H and O–H groups in total. The molecule has 0 spiro atoms. The lowest BCUT2D eigenvalue weighted by Gasteiger charge is -2.39. The minimum atomic E-state index is 0.315. The Morgan fingerprint density at radius 1 is 1.38 bits per heavy atom. The normalized spacial score (nSPS) is 31.3. The van der Waals surface area contributed by atoms with Gasteiger partial charge < -0.3 is 10.4 Å². The molecule has 0 aromatic heterocycles. The van der Waals surface area contributed by atoms with Crippen LogP contribution in [-0.4, -0.2) is 24.3 Å². The fourth-order valence-corrected chi connectivity index (χ4v) is 3.19. The molecule has 0 radical (unpaired) electrons. The van der Waals surface area contributed by atoms with Crippen LogP contribution >= 0.6 is 0 Å². The average Bonchev–Trinajstić information content (AvgIpc) is 2.12. The van der Waals surface area contributed by atoms with Crippen molar-refractivity contribution in [3.8, 4) is 0 Å². The van der Waals surface area contributed by atoms with Gasteiger partial charge in [0.2, 0.25) is 0 Å². The Kier molecular flexibility index (Phi) is 5.26. The third-order valence-corrected chi connectivity index (χ3v) is 3.76. The molecule has 1 aliphatic rings. The Hall–Kier alpha value is -0.0800. The molecule has 96 valence electrons. The van der Waals surface area contributed by atoms with Gasteiger partial charge in [-0.1, -0.05) is 27.7 Å². The fourth-order valence-electron chi connectivity index (χ4n) is 3.19. The largest absolute Gasteiger partial charge is 0.396 e. The molecular weight excluding hydrogens is 198 g/mol. The van der Waals surface area contributed by atoms with Crippen LogP contribution in [0, 0.1) is 17.3 Å². The molecule has 16 heavy (non-hydrogen) atoms. The first kappa shape index (κ1) is 14.0.